The van der Waals surface area contributed by atoms with E-state index in [2.05, 4.69) is 20.7 Å². The van der Waals surface area contributed by atoms with Crippen LogP contribution >= 0.6 is 0 Å². The van der Waals surface area contributed by atoms with Crippen molar-refractivity contribution in [3.8, 4) is 5.75 Å². The van der Waals surface area contributed by atoms with E-state index >= 15 is 0 Å². The molecule has 0 radical (unpaired) electrons. The molecule has 15 heavy (non-hydrogen) atoms. The van der Waals surface area contributed by atoms with Crippen molar-refractivity contribution in [3.05, 3.63) is 36.4 Å². The third-order valence-corrected chi connectivity index (χ3v) is 2.21. The Morgan fingerprint density at radius 2 is 1.73 bits per heavy atom. The van der Waals surface area contributed by atoms with Gasteiger partial charge in [-0.15, -0.1) is 0 Å². The molecule has 0 spiro atoms. The van der Waals surface area contributed by atoms with Crippen LogP contribution in [0.4, 0.5) is 5.69 Å². The maximum Gasteiger partial charge on any atom is 0.132 e. The summed E-state index contributed by atoms with van der Waals surface area (Å²) in [6, 6.07) is 7.32. The molecule has 1 aromatic rings. The summed E-state index contributed by atoms with van der Waals surface area (Å²) in [5.41, 5.74) is 2.33. The number of likely N-dealkylation sites (N-methyl/N-ethyl adjacent to an activating group) is 1. The van der Waals surface area contributed by atoms with E-state index in [0.717, 1.165) is 16.6 Å². The Morgan fingerprint density at radius 1 is 1.27 bits per heavy atom. The molecule has 1 N–H and O–H groups in total. The molecule has 3 heteroatoms. The number of hydrogen-bond donors (Lipinski definition) is 1. The van der Waals surface area contributed by atoms with Gasteiger partial charge in [-0.2, -0.15) is 0 Å². The Balaban J connectivity index is 0.00000196. The molecular weight excluding hydrogens is 254 g/mol. The SMILES string of the molecule is C=C(C)C[N+](C)(C)c1ccc(O)cc1.[Br-]. The number of nitrogens with zero attached hydrogens (tertiary/aromatic N) is 1. The van der Waals surface area contributed by atoms with Crippen LogP contribution < -0.4 is 21.5 Å². The monoisotopic (exact) mass is 271 g/mol. The van der Waals surface area contributed by atoms with Gasteiger partial charge in [-0.05, 0) is 24.6 Å². The molecule has 0 saturated carbocycles. The molecule has 0 amide bonds. The Morgan fingerprint density at radius 3 is 2.13 bits per heavy atom. The van der Waals surface area contributed by atoms with E-state index in [0.29, 0.717) is 5.75 Å². The second-order valence-electron chi connectivity index (χ2n) is 4.32. The number of rotatable bonds is 3. The highest BCUT2D eigenvalue weighted by Crippen LogP contribution is 2.22. The summed E-state index contributed by atoms with van der Waals surface area (Å²) in [4.78, 5) is 0. The largest absolute Gasteiger partial charge is 1.00 e. The molecule has 0 unspecified atom stereocenters. The minimum atomic E-state index is 0. The summed E-state index contributed by atoms with van der Waals surface area (Å²) >= 11 is 0. The lowest BCUT2D eigenvalue weighted by Gasteiger charge is -2.29. The predicted molar refractivity (Wildman–Crippen MR) is 61.4 cm³/mol. The van der Waals surface area contributed by atoms with Gasteiger partial charge in [0.1, 0.15) is 18.0 Å². The molecule has 0 atom stereocenters. The van der Waals surface area contributed by atoms with Gasteiger partial charge in [0.25, 0.3) is 0 Å². The Hall–Kier alpha value is -0.800. The third kappa shape index (κ3) is 4.06. The molecule has 0 aromatic heterocycles. The van der Waals surface area contributed by atoms with Gasteiger partial charge in [-0.25, -0.2) is 0 Å². The van der Waals surface area contributed by atoms with Gasteiger partial charge < -0.3 is 22.1 Å². The van der Waals surface area contributed by atoms with E-state index in [1.807, 2.05) is 19.1 Å². The molecule has 2 nitrogen and oxygen atoms in total. The van der Waals surface area contributed by atoms with Gasteiger partial charge in [-0.3, -0.25) is 4.48 Å². The van der Waals surface area contributed by atoms with Gasteiger partial charge in [0.2, 0.25) is 0 Å². The van der Waals surface area contributed by atoms with E-state index < -0.39 is 0 Å². The van der Waals surface area contributed by atoms with Crippen molar-refractivity contribution >= 4 is 5.69 Å². The van der Waals surface area contributed by atoms with Crippen LogP contribution in [0.3, 0.4) is 0 Å². The second-order valence-corrected chi connectivity index (χ2v) is 4.32. The van der Waals surface area contributed by atoms with Crippen molar-refractivity contribution in [1.82, 2.24) is 4.48 Å². The topological polar surface area (TPSA) is 20.2 Å². The maximum atomic E-state index is 9.18. The minimum Gasteiger partial charge on any atom is -1.00 e. The number of aromatic hydroxyl groups is 1. The van der Waals surface area contributed by atoms with Gasteiger partial charge in [0.05, 0.1) is 14.1 Å². The first-order valence-corrected chi connectivity index (χ1v) is 4.69. The van der Waals surface area contributed by atoms with Gasteiger partial charge in [-0.1, -0.05) is 6.58 Å². The average Bonchev–Trinajstić information content (AvgIpc) is 2.02. The molecule has 84 valence electrons. The smallest absolute Gasteiger partial charge is 0.132 e. The third-order valence-electron chi connectivity index (χ3n) is 2.21. The lowest BCUT2D eigenvalue weighted by molar-refractivity contribution is -0.00000430. The summed E-state index contributed by atoms with van der Waals surface area (Å²) in [6.07, 6.45) is 0. The second kappa shape index (κ2) is 5.33. The van der Waals surface area contributed by atoms with Crippen LogP contribution in [-0.4, -0.2) is 25.7 Å². The van der Waals surface area contributed by atoms with Gasteiger partial charge in [0.15, 0.2) is 0 Å². The van der Waals surface area contributed by atoms with Crippen LogP contribution in [0, 0.1) is 0 Å². The van der Waals surface area contributed by atoms with E-state index in [1.165, 1.54) is 5.69 Å². The molecule has 1 rings (SSSR count). The molecular formula is C12H18BrNO. The Kier molecular flexibility index (Phi) is 5.05. The molecule has 0 saturated heterocycles. The normalized spacial score (nSPS) is 10.6. The van der Waals surface area contributed by atoms with Crippen molar-refractivity contribution in [3.63, 3.8) is 0 Å². The van der Waals surface area contributed by atoms with Crippen LogP contribution in [0.25, 0.3) is 0 Å². The van der Waals surface area contributed by atoms with Crippen LogP contribution in [0.2, 0.25) is 0 Å². The molecule has 0 aliphatic carbocycles. The Labute approximate surface area is 102 Å². The highest BCUT2D eigenvalue weighted by Gasteiger charge is 2.18. The Bertz CT molecular complexity index is 330. The fourth-order valence-electron chi connectivity index (χ4n) is 1.62. The highest BCUT2D eigenvalue weighted by atomic mass is 79.9. The van der Waals surface area contributed by atoms with Crippen LogP contribution in [0.5, 0.6) is 5.75 Å². The first-order valence-electron chi connectivity index (χ1n) is 4.69. The summed E-state index contributed by atoms with van der Waals surface area (Å²) < 4.78 is 0.760. The minimum absolute atomic E-state index is 0. The van der Waals surface area contributed by atoms with E-state index in [9.17, 15) is 5.11 Å². The average molecular weight is 272 g/mol. The first kappa shape index (κ1) is 14.2. The molecule has 0 fully saturated rings. The number of phenolic OH excluding ortho intramolecular Hbond substituents is 1. The summed E-state index contributed by atoms with van der Waals surface area (Å²) in [5, 5.41) is 9.18. The van der Waals surface area contributed by atoms with E-state index in [1.54, 1.807) is 12.1 Å². The van der Waals surface area contributed by atoms with Crippen LogP contribution in [-0.2, 0) is 0 Å². The zero-order valence-electron chi connectivity index (χ0n) is 9.50. The van der Waals surface area contributed by atoms with Crippen molar-refractivity contribution < 1.29 is 22.1 Å². The first-order chi connectivity index (χ1) is 6.42. The summed E-state index contributed by atoms with van der Waals surface area (Å²) in [5.74, 6) is 0.309. The van der Waals surface area contributed by atoms with E-state index in [-0.39, 0.29) is 17.0 Å². The van der Waals surface area contributed by atoms with Crippen LogP contribution in [0.1, 0.15) is 6.92 Å². The standard InChI is InChI=1S/C12H17NO.BrH/c1-10(2)9-13(3,4)11-5-7-12(14)8-6-11;/h5-8H,1,9H2,2-4H3;1H. The quantitative estimate of drug-likeness (QED) is 0.583. The summed E-state index contributed by atoms with van der Waals surface area (Å²) in [7, 11) is 4.25. The summed E-state index contributed by atoms with van der Waals surface area (Å²) in [6.45, 7) is 6.85. The fraction of sp³-hybridized carbons (Fsp3) is 0.333. The fourth-order valence-corrected chi connectivity index (χ4v) is 1.62. The lowest BCUT2D eigenvalue weighted by atomic mass is 10.2. The number of benzene rings is 1. The maximum absolute atomic E-state index is 9.18. The van der Waals surface area contributed by atoms with E-state index in [4.69, 9.17) is 0 Å². The van der Waals surface area contributed by atoms with Crippen molar-refractivity contribution in [1.29, 1.82) is 0 Å². The molecule has 0 bridgehead atoms. The predicted octanol–water partition coefficient (Wildman–Crippen LogP) is -0.461. The van der Waals surface area contributed by atoms with Gasteiger partial charge in [0, 0.05) is 12.1 Å². The molecule has 0 aliphatic rings. The van der Waals surface area contributed by atoms with Crippen molar-refractivity contribution in [2.24, 2.45) is 0 Å². The number of quaternary nitrogens is 1. The van der Waals surface area contributed by atoms with Crippen LogP contribution in [0.15, 0.2) is 36.4 Å². The number of phenols is 1. The zero-order chi connectivity index (χ0) is 10.8. The lowest BCUT2D eigenvalue weighted by Crippen LogP contribution is -3.00. The van der Waals surface area contributed by atoms with Gasteiger partial charge >= 0.3 is 0 Å². The molecule has 1 aromatic carbocycles. The molecule has 0 heterocycles. The van der Waals surface area contributed by atoms with Crippen molar-refractivity contribution in [2.45, 2.75) is 6.92 Å². The van der Waals surface area contributed by atoms with Crippen molar-refractivity contribution in [2.75, 3.05) is 20.6 Å². The number of hydrogen-bond acceptors (Lipinski definition) is 1. The molecule has 0 aliphatic heterocycles. The highest BCUT2D eigenvalue weighted by molar-refractivity contribution is 5.45. The zero-order valence-corrected chi connectivity index (χ0v) is 11.1. The number of halogens is 1.